The molecule has 0 saturated carbocycles. The normalized spacial score (nSPS) is 23.8. The van der Waals surface area contributed by atoms with E-state index in [0.717, 1.165) is 39.0 Å². The van der Waals surface area contributed by atoms with Crippen molar-refractivity contribution in [3.05, 3.63) is 29.8 Å². The highest BCUT2D eigenvalue weighted by atomic mass is 35.5. The molecule has 0 radical (unpaired) electrons. The number of anilines is 1. The number of nitrogens with zero attached hydrogens (tertiary/aromatic N) is 2. The van der Waals surface area contributed by atoms with Crippen LogP contribution in [0.2, 0.25) is 0 Å². The Bertz CT molecular complexity index is 750. The second-order valence-corrected chi connectivity index (χ2v) is 9.52. The minimum absolute atomic E-state index is 0. The summed E-state index contributed by atoms with van der Waals surface area (Å²) in [5, 5.41) is 3.44. The zero-order valence-corrected chi connectivity index (χ0v) is 16.4. The number of hydrogen-bond donors (Lipinski definition) is 1. The van der Waals surface area contributed by atoms with Crippen LogP contribution in [0.25, 0.3) is 0 Å². The largest absolute Gasteiger partial charge is 0.339 e. The van der Waals surface area contributed by atoms with Crippen molar-refractivity contribution in [3.8, 4) is 0 Å². The number of carbonyl (C=O) groups is 1. The van der Waals surface area contributed by atoms with Crippen LogP contribution in [0.5, 0.6) is 0 Å². The summed E-state index contributed by atoms with van der Waals surface area (Å²) in [6, 6.07) is 7.02. The SMILES string of the molecule is Cl.O=C(c1ccc(N2CCCS2(=O)=O)cc1)N1CCC2(CCNC2)CC1. The molecule has 0 aromatic heterocycles. The predicted molar refractivity (Wildman–Crippen MR) is 104 cm³/mol. The first-order valence-corrected chi connectivity index (χ1v) is 10.7. The van der Waals surface area contributed by atoms with Crippen molar-refractivity contribution in [2.45, 2.75) is 25.7 Å². The molecule has 1 N–H and O–H groups in total. The lowest BCUT2D eigenvalue weighted by Gasteiger charge is -2.39. The van der Waals surface area contributed by atoms with Crippen LogP contribution in [0.3, 0.4) is 0 Å². The number of carbonyl (C=O) groups excluding carboxylic acids is 1. The molecule has 0 unspecified atom stereocenters. The number of rotatable bonds is 2. The number of halogens is 1. The highest BCUT2D eigenvalue weighted by Crippen LogP contribution is 2.37. The van der Waals surface area contributed by atoms with Crippen molar-refractivity contribution in [1.29, 1.82) is 0 Å². The fourth-order valence-corrected chi connectivity index (χ4v) is 5.85. The topological polar surface area (TPSA) is 69.7 Å². The van der Waals surface area contributed by atoms with Crippen LogP contribution in [0.15, 0.2) is 24.3 Å². The Kier molecular flexibility index (Phi) is 5.51. The highest BCUT2D eigenvalue weighted by Gasteiger charge is 2.38. The van der Waals surface area contributed by atoms with E-state index in [1.54, 1.807) is 24.3 Å². The quantitative estimate of drug-likeness (QED) is 0.824. The number of amides is 1. The van der Waals surface area contributed by atoms with Crippen molar-refractivity contribution in [1.82, 2.24) is 10.2 Å². The van der Waals surface area contributed by atoms with Crippen LogP contribution < -0.4 is 9.62 Å². The summed E-state index contributed by atoms with van der Waals surface area (Å²) in [6.07, 6.45) is 4.01. The van der Waals surface area contributed by atoms with Gasteiger partial charge in [-0.15, -0.1) is 12.4 Å². The molecule has 1 aromatic rings. The zero-order chi connectivity index (χ0) is 17.5. The highest BCUT2D eigenvalue weighted by molar-refractivity contribution is 7.93. The van der Waals surface area contributed by atoms with Crippen LogP contribution in [0.1, 0.15) is 36.0 Å². The monoisotopic (exact) mass is 399 g/mol. The zero-order valence-electron chi connectivity index (χ0n) is 14.8. The standard InChI is InChI=1S/C18H25N3O3S.ClH/c22-17(20-11-7-18(8-12-20)6-9-19-14-18)15-2-4-16(5-3-15)21-10-1-13-25(21,23)24;/h2-5,19H,1,6-14H2;1H. The second kappa shape index (κ2) is 7.37. The number of hydrogen-bond acceptors (Lipinski definition) is 4. The Morgan fingerprint density at radius 2 is 1.73 bits per heavy atom. The molecule has 1 amide bonds. The minimum Gasteiger partial charge on any atom is -0.339 e. The Morgan fingerprint density at radius 1 is 1.04 bits per heavy atom. The van der Waals surface area contributed by atoms with Crippen molar-refractivity contribution in [2.75, 3.05) is 42.8 Å². The van der Waals surface area contributed by atoms with E-state index >= 15 is 0 Å². The van der Waals surface area contributed by atoms with Crippen LogP contribution in [0, 0.1) is 5.41 Å². The van der Waals surface area contributed by atoms with E-state index in [1.165, 1.54) is 10.7 Å². The van der Waals surface area contributed by atoms with Gasteiger partial charge in [-0.25, -0.2) is 8.42 Å². The number of benzene rings is 1. The van der Waals surface area contributed by atoms with Gasteiger partial charge in [0.15, 0.2) is 0 Å². The molecule has 3 saturated heterocycles. The number of sulfonamides is 1. The van der Waals surface area contributed by atoms with E-state index in [9.17, 15) is 13.2 Å². The Hall–Kier alpha value is -1.31. The summed E-state index contributed by atoms with van der Waals surface area (Å²) in [7, 11) is -3.17. The second-order valence-electron chi connectivity index (χ2n) is 7.51. The first kappa shape index (κ1) is 19.5. The number of nitrogens with one attached hydrogen (secondary N) is 1. The molecule has 144 valence electrons. The smallest absolute Gasteiger partial charge is 0.253 e. The van der Waals surface area contributed by atoms with E-state index in [2.05, 4.69) is 5.32 Å². The third kappa shape index (κ3) is 3.57. The van der Waals surface area contributed by atoms with E-state index < -0.39 is 10.0 Å². The molecule has 3 aliphatic rings. The van der Waals surface area contributed by atoms with Crippen molar-refractivity contribution in [3.63, 3.8) is 0 Å². The van der Waals surface area contributed by atoms with Gasteiger partial charge in [-0.2, -0.15) is 0 Å². The Balaban J connectivity index is 0.00000196. The molecule has 3 heterocycles. The molecular formula is C18H26ClN3O3S. The first-order valence-electron chi connectivity index (χ1n) is 9.10. The van der Waals surface area contributed by atoms with E-state index in [0.29, 0.717) is 29.6 Å². The van der Waals surface area contributed by atoms with Gasteiger partial charge < -0.3 is 10.2 Å². The third-order valence-electron chi connectivity index (χ3n) is 5.94. The molecular weight excluding hydrogens is 374 g/mol. The average Bonchev–Trinajstić information content (AvgIpc) is 3.21. The number of piperidine rings is 1. The van der Waals surface area contributed by atoms with Crippen molar-refractivity contribution in [2.24, 2.45) is 5.41 Å². The Labute approximate surface area is 161 Å². The van der Waals surface area contributed by atoms with Crippen LogP contribution in [0.4, 0.5) is 5.69 Å². The van der Waals surface area contributed by atoms with Crippen molar-refractivity contribution < 1.29 is 13.2 Å². The first-order chi connectivity index (χ1) is 12.0. The van der Waals surface area contributed by atoms with Crippen LogP contribution >= 0.6 is 12.4 Å². The maximum atomic E-state index is 12.7. The molecule has 6 nitrogen and oxygen atoms in total. The molecule has 0 bridgehead atoms. The average molecular weight is 400 g/mol. The minimum atomic E-state index is -3.17. The summed E-state index contributed by atoms with van der Waals surface area (Å²) in [4.78, 5) is 14.7. The van der Waals surface area contributed by atoms with E-state index in [1.807, 2.05) is 4.90 Å². The van der Waals surface area contributed by atoms with Gasteiger partial charge in [0.2, 0.25) is 10.0 Å². The van der Waals surface area contributed by atoms with Crippen LogP contribution in [-0.2, 0) is 10.0 Å². The Morgan fingerprint density at radius 3 is 2.27 bits per heavy atom. The third-order valence-corrected chi connectivity index (χ3v) is 7.81. The van der Waals surface area contributed by atoms with Gasteiger partial charge >= 0.3 is 0 Å². The lowest BCUT2D eigenvalue weighted by molar-refractivity contribution is 0.0607. The van der Waals surface area contributed by atoms with Gasteiger partial charge in [-0.05, 0) is 61.9 Å². The van der Waals surface area contributed by atoms with E-state index in [-0.39, 0.29) is 24.1 Å². The fraction of sp³-hybridized carbons (Fsp3) is 0.611. The van der Waals surface area contributed by atoms with Gasteiger partial charge in [-0.3, -0.25) is 9.10 Å². The van der Waals surface area contributed by atoms with Gasteiger partial charge in [0.25, 0.3) is 5.91 Å². The van der Waals surface area contributed by atoms with Gasteiger partial charge in [0.05, 0.1) is 11.4 Å². The molecule has 1 spiro atoms. The van der Waals surface area contributed by atoms with E-state index in [4.69, 9.17) is 0 Å². The summed E-state index contributed by atoms with van der Waals surface area (Å²) in [5.41, 5.74) is 1.69. The predicted octanol–water partition coefficient (Wildman–Crippen LogP) is 1.86. The van der Waals surface area contributed by atoms with Gasteiger partial charge in [0.1, 0.15) is 0 Å². The van der Waals surface area contributed by atoms with Crippen molar-refractivity contribution >= 4 is 34.0 Å². The molecule has 8 heteroatoms. The molecule has 26 heavy (non-hydrogen) atoms. The molecule has 1 aromatic carbocycles. The lowest BCUT2D eigenvalue weighted by atomic mass is 9.78. The molecule has 3 fully saturated rings. The van der Waals surface area contributed by atoms with Gasteiger partial charge in [-0.1, -0.05) is 0 Å². The molecule has 0 atom stereocenters. The summed E-state index contributed by atoms with van der Waals surface area (Å²) >= 11 is 0. The molecule has 0 aliphatic carbocycles. The fourth-order valence-electron chi connectivity index (χ4n) is 4.29. The lowest BCUT2D eigenvalue weighted by Crippen LogP contribution is -2.44. The maximum Gasteiger partial charge on any atom is 0.253 e. The van der Waals surface area contributed by atoms with Gasteiger partial charge in [0, 0.05) is 31.7 Å². The number of likely N-dealkylation sites (tertiary alicyclic amines) is 1. The summed E-state index contributed by atoms with van der Waals surface area (Å²) in [5.74, 6) is 0.259. The summed E-state index contributed by atoms with van der Waals surface area (Å²) < 4.78 is 25.4. The maximum absolute atomic E-state index is 12.7. The van der Waals surface area contributed by atoms with Crippen LogP contribution in [-0.4, -0.2) is 57.7 Å². The molecule has 4 rings (SSSR count). The summed E-state index contributed by atoms with van der Waals surface area (Å²) in [6.45, 7) is 4.31. The molecule has 3 aliphatic heterocycles.